The first-order valence-electron chi connectivity index (χ1n) is 8.48. The average Bonchev–Trinajstić information content (AvgIpc) is 3.10. The van der Waals surface area contributed by atoms with Crippen molar-refractivity contribution in [2.45, 2.75) is 25.7 Å². The molecule has 25 heavy (non-hydrogen) atoms. The van der Waals surface area contributed by atoms with Crippen LogP contribution in [0.25, 0.3) is 0 Å². The second kappa shape index (κ2) is 6.31. The third-order valence-corrected chi connectivity index (χ3v) is 4.69. The SMILES string of the molecule is CCCc1cc2c(cc1OC)OCC(c1ccc3c(c1)OCO3)C2=O. The Morgan fingerprint density at radius 2 is 1.92 bits per heavy atom. The standard InChI is InChI=1S/C20H20O5/c1-3-4-13-7-14-18(9-17(13)22-2)23-10-15(20(14)21)12-5-6-16-19(8-12)25-11-24-16/h5-9,15H,3-4,10-11H2,1-2H3. The Hall–Kier alpha value is -2.69. The van der Waals surface area contributed by atoms with Crippen LogP contribution in [0.4, 0.5) is 0 Å². The van der Waals surface area contributed by atoms with Crippen LogP contribution in [0.2, 0.25) is 0 Å². The summed E-state index contributed by atoms with van der Waals surface area (Å²) in [6.07, 6.45) is 1.84. The lowest BCUT2D eigenvalue weighted by atomic mass is 9.87. The Balaban J connectivity index is 1.70. The maximum atomic E-state index is 13.1. The summed E-state index contributed by atoms with van der Waals surface area (Å²) in [5.41, 5.74) is 2.54. The molecule has 0 bridgehead atoms. The normalized spacial score (nSPS) is 17.8. The Kier molecular flexibility index (Phi) is 3.99. The first kappa shape index (κ1) is 15.8. The molecular formula is C20H20O5. The lowest BCUT2D eigenvalue weighted by molar-refractivity contribution is 0.0895. The summed E-state index contributed by atoms with van der Waals surface area (Å²) in [5, 5.41) is 0. The van der Waals surface area contributed by atoms with E-state index in [-0.39, 0.29) is 18.5 Å². The van der Waals surface area contributed by atoms with Crippen molar-refractivity contribution in [3.63, 3.8) is 0 Å². The van der Waals surface area contributed by atoms with Gasteiger partial charge in [0.05, 0.1) is 18.6 Å². The van der Waals surface area contributed by atoms with Gasteiger partial charge in [0.2, 0.25) is 6.79 Å². The number of aryl methyl sites for hydroxylation is 1. The van der Waals surface area contributed by atoms with E-state index in [9.17, 15) is 4.79 Å². The molecule has 4 rings (SSSR count). The summed E-state index contributed by atoms with van der Waals surface area (Å²) in [6, 6.07) is 9.36. The Morgan fingerprint density at radius 1 is 1.08 bits per heavy atom. The average molecular weight is 340 g/mol. The Bertz CT molecular complexity index is 827. The quantitative estimate of drug-likeness (QED) is 0.849. The van der Waals surface area contributed by atoms with Crippen LogP contribution in [0.3, 0.4) is 0 Å². The fraction of sp³-hybridized carbons (Fsp3) is 0.350. The van der Waals surface area contributed by atoms with Gasteiger partial charge in [-0.1, -0.05) is 19.4 Å². The molecule has 0 aromatic heterocycles. The van der Waals surface area contributed by atoms with Gasteiger partial charge in [0.1, 0.15) is 18.1 Å². The molecule has 2 aliphatic heterocycles. The van der Waals surface area contributed by atoms with Crippen molar-refractivity contribution in [2.75, 3.05) is 20.5 Å². The van der Waals surface area contributed by atoms with Crippen LogP contribution >= 0.6 is 0 Å². The van der Waals surface area contributed by atoms with Crippen LogP contribution < -0.4 is 18.9 Å². The summed E-state index contributed by atoms with van der Waals surface area (Å²) in [5.74, 6) is 2.49. The number of Topliss-reactive ketones (excluding diaryl/α,β-unsaturated/α-hetero) is 1. The molecule has 0 radical (unpaired) electrons. The molecule has 1 unspecified atom stereocenters. The molecule has 0 N–H and O–H groups in total. The highest BCUT2D eigenvalue weighted by Crippen LogP contribution is 2.40. The lowest BCUT2D eigenvalue weighted by Crippen LogP contribution is -2.26. The molecule has 2 aromatic carbocycles. The van der Waals surface area contributed by atoms with E-state index in [4.69, 9.17) is 18.9 Å². The monoisotopic (exact) mass is 340 g/mol. The number of ketones is 1. The van der Waals surface area contributed by atoms with Crippen LogP contribution in [0, 0.1) is 0 Å². The van der Waals surface area contributed by atoms with Gasteiger partial charge in [0, 0.05) is 6.07 Å². The highest BCUT2D eigenvalue weighted by Gasteiger charge is 2.32. The van der Waals surface area contributed by atoms with Gasteiger partial charge in [-0.15, -0.1) is 0 Å². The van der Waals surface area contributed by atoms with E-state index < -0.39 is 0 Å². The Labute approximate surface area is 146 Å². The van der Waals surface area contributed by atoms with E-state index in [1.54, 1.807) is 7.11 Å². The molecule has 2 heterocycles. The largest absolute Gasteiger partial charge is 0.496 e. The Morgan fingerprint density at radius 3 is 2.72 bits per heavy atom. The number of hydrogen-bond donors (Lipinski definition) is 0. The molecule has 1 atom stereocenters. The molecule has 5 nitrogen and oxygen atoms in total. The molecule has 0 saturated carbocycles. The zero-order valence-corrected chi connectivity index (χ0v) is 14.3. The van der Waals surface area contributed by atoms with E-state index in [2.05, 4.69) is 6.92 Å². The summed E-state index contributed by atoms with van der Waals surface area (Å²) in [6.45, 7) is 2.63. The van der Waals surface area contributed by atoms with E-state index in [0.717, 1.165) is 29.7 Å². The van der Waals surface area contributed by atoms with Crippen molar-refractivity contribution in [2.24, 2.45) is 0 Å². The van der Waals surface area contributed by atoms with Crippen molar-refractivity contribution in [1.29, 1.82) is 0 Å². The minimum atomic E-state index is -0.343. The minimum absolute atomic E-state index is 0.0696. The lowest BCUT2D eigenvalue weighted by Gasteiger charge is -2.26. The first-order chi connectivity index (χ1) is 12.2. The number of rotatable bonds is 4. The molecular weight excluding hydrogens is 320 g/mol. The second-order valence-corrected chi connectivity index (χ2v) is 6.25. The summed E-state index contributed by atoms with van der Waals surface area (Å²) >= 11 is 0. The molecule has 0 amide bonds. The van der Waals surface area contributed by atoms with Crippen LogP contribution in [0.5, 0.6) is 23.0 Å². The zero-order valence-electron chi connectivity index (χ0n) is 14.3. The van der Waals surface area contributed by atoms with Gasteiger partial charge in [0.25, 0.3) is 0 Å². The van der Waals surface area contributed by atoms with E-state index in [0.29, 0.717) is 29.4 Å². The maximum absolute atomic E-state index is 13.1. The molecule has 130 valence electrons. The molecule has 0 spiro atoms. The number of carbonyl (C=O) groups is 1. The number of carbonyl (C=O) groups excluding carboxylic acids is 1. The van der Waals surface area contributed by atoms with E-state index in [1.807, 2.05) is 30.3 Å². The number of benzene rings is 2. The molecule has 2 aromatic rings. The van der Waals surface area contributed by atoms with Gasteiger partial charge >= 0.3 is 0 Å². The number of methoxy groups -OCH3 is 1. The third-order valence-electron chi connectivity index (χ3n) is 4.69. The van der Waals surface area contributed by atoms with Crippen LogP contribution in [0.1, 0.15) is 40.7 Å². The topological polar surface area (TPSA) is 54.0 Å². The fourth-order valence-corrected chi connectivity index (χ4v) is 3.39. The van der Waals surface area contributed by atoms with Crippen molar-refractivity contribution < 1.29 is 23.7 Å². The van der Waals surface area contributed by atoms with Crippen LogP contribution in [0.15, 0.2) is 30.3 Å². The van der Waals surface area contributed by atoms with Crippen molar-refractivity contribution in [3.05, 3.63) is 47.0 Å². The van der Waals surface area contributed by atoms with E-state index in [1.165, 1.54) is 0 Å². The van der Waals surface area contributed by atoms with Gasteiger partial charge in [-0.05, 0) is 35.7 Å². The summed E-state index contributed by atoms with van der Waals surface area (Å²) in [7, 11) is 1.64. The maximum Gasteiger partial charge on any atom is 0.231 e. The predicted octanol–water partition coefficient (Wildman–Crippen LogP) is 3.74. The van der Waals surface area contributed by atoms with Crippen LogP contribution in [-0.4, -0.2) is 26.3 Å². The van der Waals surface area contributed by atoms with Crippen LogP contribution in [-0.2, 0) is 6.42 Å². The first-order valence-corrected chi connectivity index (χ1v) is 8.48. The third kappa shape index (κ3) is 2.69. The number of hydrogen-bond acceptors (Lipinski definition) is 5. The van der Waals surface area contributed by atoms with Gasteiger partial charge in [-0.2, -0.15) is 0 Å². The highest BCUT2D eigenvalue weighted by atomic mass is 16.7. The minimum Gasteiger partial charge on any atom is -0.496 e. The van der Waals surface area contributed by atoms with Crippen molar-refractivity contribution in [3.8, 4) is 23.0 Å². The fourth-order valence-electron chi connectivity index (χ4n) is 3.39. The number of ether oxygens (including phenoxy) is 4. The van der Waals surface area contributed by atoms with Crippen molar-refractivity contribution in [1.82, 2.24) is 0 Å². The second-order valence-electron chi connectivity index (χ2n) is 6.25. The molecule has 2 aliphatic rings. The van der Waals surface area contributed by atoms with E-state index >= 15 is 0 Å². The zero-order chi connectivity index (χ0) is 17.4. The van der Waals surface area contributed by atoms with Gasteiger partial charge in [-0.3, -0.25) is 4.79 Å². The number of fused-ring (bicyclic) bond motifs is 2. The van der Waals surface area contributed by atoms with Gasteiger partial charge < -0.3 is 18.9 Å². The highest BCUT2D eigenvalue weighted by molar-refractivity contribution is 6.04. The van der Waals surface area contributed by atoms with Crippen molar-refractivity contribution >= 4 is 5.78 Å². The molecule has 5 heteroatoms. The molecule has 0 fully saturated rings. The van der Waals surface area contributed by atoms with Gasteiger partial charge in [0.15, 0.2) is 17.3 Å². The summed E-state index contributed by atoms with van der Waals surface area (Å²) in [4.78, 5) is 13.1. The summed E-state index contributed by atoms with van der Waals surface area (Å²) < 4.78 is 22.1. The predicted molar refractivity (Wildman–Crippen MR) is 92.1 cm³/mol. The smallest absolute Gasteiger partial charge is 0.231 e. The molecule has 0 saturated heterocycles. The van der Waals surface area contributed by atoms with Gasteiger partial charge in [-0.25, -0.2) is 0 Å². The molecule has 0 aliphatic carbocycles.